The summed E-state index contributed by atoms with van der Waals surface area (Å²) in [4.78, 5) is 36.9. The van der Waals surface area contributed by atoms with E-state index in [4.69, 9.17) is 10.6 Å². The quantitative estimate of drug-likeness (QED) is 0.0496. The van der Waals surface area contributed by atoms with E-state index in [-0.39, 0.29) is 24.9 Å². The molecule has 0 saturated heterocycles. The van der Waals surface area contributed by atoms with Crippen LogP contribution in [-0.4, -0.2) is 47.3 Å². The molecule has 0 heterocycles. The van der Waals surface area contributed by atoms with Gasteiger partial charge >= 0.3 is 12.1 Å². The predicted octanol–water partition coefficient (Wildman–Crippen LogP) is 8.33. The molecule has 0 spiro atoms. The molecule has 0 bridgehead atoms. The third kappa shape index (κ3) is 12.1. The molecule has 8 nitrogen and oxygen atoms in total. The normalized spacial score (nSPS) is 12.8. The van der Waals surface area contributed by atoms with Crippen LogP contribution in [0.1, 0.15) is 133 Å². The lowest BCUT2D eigenvalue weighted by molar-refractivity contribution is -0.143. The number of carboxylic acids is 1. The highest BCUT2D eigenvalue weighted by Gasteiger charge is 2.32. The van der Waals surface area contributed by atoms with Gasteiger partial charge in [-0.05, 0) is 47.9 Å². The summed E-state index contributed by atoms with van der Waals surface area (Å²) in [6.07, 6.45) is 17.5. The summed E-state index contributed by atoms with van der Waals surface area (Å²) in [7, 11) is 0. The molecular weight excluding hydrogens is 566 g/mol. The van der Waals surface area contributed by atoms with Gasteiger partial charge in [0.1, 0.15) is 12.6 Å². The highest BCUT2D eigenvalue weighted by molar-refractivity contribution is 5.81. The predicted molar refractivity (Wildman–Crippen MR) is 180 cm³/mol. The molecule has 1 unspecified atom stereocenters. The minimum absolute atomic E-state index is 0.0342. The van der Waals surface area contributed by atoms with Crippen molar-refractivity contribution in [2.75, 3.05) is 13.2 Å². The van der Waals surface area contributed by atoms with Crippen molar-refractivity contribution < 1.29 is 24.2 Å². The van der Waals surface area contributed by atoms with Gasteiger partial charge in [0.25, 0.3) is 0 Å². The first-order valence-electron chi connectivity index (χ1n) is 17.3. The molecule has 0 fully saturated rings. The van der Waals surface area contributed by atoms with Gasteiger partial charge in [-0.15, -0.1) is 0 Å². The first-order chi connectivity index (χ1) is 21.9. The van der Waals surface area contributed by atoms with E-state index < -0.39 is 18.1 Å². The Kier molecular flexibility index (Phi) is 16.5. The number of nitrogens with two attached hydrogens (primary N) is 1. The summed E-state index contributed by atoms with van der Waals surface area (Å²) in [5.41, 5.74) is 4.36. The van der Waals surface area contributed by atoms with Crippen LogP contribution in [0.2, 0.25) is 0 Å². The molecule has 2 aromatic carbocycles. The number of ether oxygens (including phenoxy) is 1. The van der Waals surface area contributed by atoms with E-state index in [0.717, 1.165) is 35.1 Å². The largest absolute Gasteiger partial charge is 0.480 e. The number of hydrogen-bond donors (Lipinski definition) is 3. The molecule has 2 amide bonds. The van der Waals surface area contributed by atoms with Crippen molar-refractivity contribution in [1.82, 2.24) is 10.3 Å². The number of aliphatic carboxylic acids is 1. The van der Waals surface area contributed by atoms with Crippen LogP contribution in [0.15, 0.2) is 48.5 Å². The number of carbonyl (C=O) groups excluding carboxylic acids is 2. The summed E-state index contributed by atoms with van der Waals surface area (Å²) < 4.78 is 5.53. The minimum atomic E-state index is -1.21. The molecule has 0 aliphatic heterocycles. The molecule has 0 aromatic heterocycles. The summed E-state index contributed by atoms with van der Waals surface area (Å²) >= 11 is 0. The minimum Gasteiger partial charge on any atom is -0.480 e. The Morgan fingerprint density at radius 2 is 1.29 bits per heavy atom. The summed E-state index contributed by atoms with van der Waals surface area (Å²) in [6.45, 7) is 2.79. The lowest BCUT2D eigenvalue weighted by Gasteiger charge is -2.24. The van der Waals surface area contributed by atoms with E-state index in [1.54, 1.807) is 0 Å². The van der Waals surface area contributed by atoms with Gasteiger partial charge in [0.05, 0.1) is 0 Å². The van der Waals surface area contributed by atoms with Gasteiger partial charge in [0, 0.05) is 18.9 Å². The van der Waals surface area contributed by atoms with Crippen molar-refractivity contribution in [2.45, 2.75) is 128 Å². The van der Waals surface area contributed by atoms with Crippen LogP contribution < -0.4 is 11.2 Å². The van der Waals surface area contributed by atoms with E-state index in [1.165, 1.54) is 70.6 Å². The monoisotopic (exact) mass is 621 g/mol. The third-order valence-corrected chi connectivity index (χ3v) is 8.90. The van der Waals surface area contributed by atoms with Gasteiger partial charge in [0.15, 0.2) is 0 Å². The van der Waals surface area contributed by atoms with Crippen molar-refractivity contribution in [1.29, 1.82) is 0 Å². The number of carboxylic acid groups (broad SMARTS) is 1. The molecule has 45 heavy (non-hydrogen) atoms. The lowest BCUT2D eigenvalue weighted by Crippen LogP contribution is -2.50. The van der Waals surface area contributed by atoms with Crippen LogP contribution >= 0.6 is 0 Å². The molecule has 3 rings (SSSR count). The molecule has 1 aliphatic rings. The Morgan fingerprint density at radius 3 is 1.82 bits per heavy atom. The Hall–Kier alpha value is -3.39. The van der Waals surface area contributed by atoms with E-state index in [2.05, 4.69) is 12.2 Å². The van der Waals surface area contributed by atoms with E-state index in [1.807, 2.05) is 48.5 Å². The topological polar surface area (TPSA) is 122 Å². The van der Waals surface area contributed by atoms with Gasteiger partial charge < -0.3 is 15.2 Å². The molecule has 248 valence electrons. The Morgan fingerprint density at radius 1 is 0.778 bits per heavy atom. The van der Waals surface area contributed by atoms with Crippen molar-refractivity contribution in [3.8, 4) is 11.1 Å². The second-order valence-corrected chi connectivity index (χ2v) is 12.4. The average Bonchev–Trinajstić information content (AvgIpc) is 3.36. The fraction of sp³-hybridized carbons (Fsp3) is 0.595. The molecule has 2 aromatic rings. The average molecular weight is 622 g/mol. The van der Waals surface area contributed by atoms with E-state index in [0.29, 0.717) is 30.8 Å². The number of hydrazine groups is 1. The zero-order valence-corrected chi connectivity index (χ0v) is 27.3. The van der Waals surface area contributed by atoms with Crippen molar-refractivity contribution in [2.24, 2.45) is 5.84 Å². The number of amides is 2. The smallest absolute Gasteiger partial charge is 0.424 e. The number of unbranched alkanes of at least 4 members (excludes halogenated alkanes) is 13. The number of rotatable bonds is 23. The number of hydrogen-bond acceptors (Lipinski definition) is 5. The zero-order valence-electron chi connectivity index (χ0n) is 27.3. The van der Waals surface area contributed by atoms with Gasteiger partial charge in [-0.25, -0.2) is 20.4 Å². The fourth-order valence-electron chi connectivity index (χ4n) is 6.26. The van der Waals surface area contributed by atoms with Crippen LogP contribution in [0.25, 0.3) is 11.1 Å². The van der Waals surface area contributed by atoms with E-state index in [9.17, 15) is 19.5 Å². The highest BCUT2D eigenvalue weighted by atomic mass is 16.6. The van der Waals surface area contributed by atoms with Crippen molar-refractivity contribution in [3.05, 3.63) is 59.7 Å². The fourth-order valence-corrected chi connectivity index (χ4v) is 6.26. The molecule has 8 heteroatoms. The lowest BCUT2D eigenvalue weighted by atomic mass is 9.98. The molecule has 0 radical (unpaired) electrons. The van der Waals surface area contributed by atoms with Gasteiger partial charge in [-0.2, -0.15) is 0 Å². The molecule has 1 aliphatic carbocycles. The van der Waals surface area contributed by atoms with Crippen LogP contribution in [0.3, 0.4) is 0 Å². The van der Waals surface area contributed by atoms with E-state index >= 15 is 0 Å². The first-order valence-corrected chi connectivity index (χ1v) is 17.3. The van der Waals surface area contributed by atoms with Gasteiger partial charge in [0.2, 0.25) is 5.91 Å². The van der Waals surface area contributed by atoms with Crippen LogP contribution in [0.4, 0.5) is 4.79 Å². The van der Waals surface area contributed by atoms with Crippen molar-refractivity contribution in [3.63, 3.8) is 0 Å². The molecule has 4 N–H and O–H groups in total. The Balaban J connectivity index is 1.24. The van der Waals surface area contributed by atoms with Crippen LogP contribution in [0.5, 0.6) is 0 Å². The molecule has 1 atom stereocenters. The first kappa shape index (κ1) is 36.1. The third-order valence-electron chi connectivity index (χ3n) is 8.90. The standard InChI is InChI=1S/C37H55N3O5/c1-2-3-4-5-6-7-8-9-10-11-12-13-14-26-35(41)39-27-20-19-25-34(36(42)43)40(38)37(44)45-28-33-31-23-17-15-21-29(31)30-22-16-18-24-32(30)33/h15-18,21-24,33-34H,2-14,19-20,25-28,38H2,1H3,(H,39,41)(H,42,43). The SMILES string of the molecule is CCCCCCCCCCCCCCCC(=O)NCCCCC(C(=O)O)N(N)C(=O)OCC1c2ccccc2-c2ccccc21. The van der Waals surface area contributed by atoms with Crippen molar-refractivity contribution >= 4 is 18.0 Å². The second kappa shape index (κ2) is 20.6. The van der Waals surface area contributed by atoms with Gasteiger partial charge in [-0.1, -0.05) is 133 Å². The van der Waals surface area contributed by atoms with Gasteiger partial charge in [-0.3, -0.25) is 4.79 Å². The maximum absolute atomic E-state index is 12.8. The summed E-state index contributed by atoms with van der Waals surface area (Å²) in [6, 6.07) is 14.8. The van der Waals surface area contributed by atoms with Crippen LogP contribution in [0, 0.1) is 0 Å². The number of carbonyl (C=O) groups is 3. The second-order valence-electron chi connectivity index (χ2n) is 12.4. The number of benzene rings is 2. The summed E-state index contributed by atoms with van der Waals surface area (Å²) in [5, 5.41) is 13.3. The molecular formula is C37H55N3O5. The highest BCUT2D eigenvalue weighted by Crippen LogP contribution is 2.44. The maximum atomic E-state index is 12.8. The van der Waals surface area contributed by atoms with Crippen LogP contribution in [-0.2, 0) is 14.3 Å². The number of nitrogens with one attached hydrogen (secondary N) is 1. The zero-order chi connectivity index (χ0) is 32.3. The Bertz CT molecular complexity index is 1140. The summed E-state index contributed by atoms with van der Waals surface area (Å²) in [5.74, 6) is 4.66. The maximum Gasteiger partial charge on any atom is 0.424 e. The Labute approximate surface area is 270 Å². The number of nitrogens with zero attached hydrogens (tertiary/aromatic N) is 1. The number of fused-ring (bicyclic) bond motifs is 3. The molecule has 0 saturated carbocycles.